The Hall–Kier alpha value is -2.08. The molecule has 0 radical (unpaired) electrons. The molecule has 3 aromatic rings. The first-order chi connectivity index (χ1) is 8.81. The molecule has 0 amide bonds. The molecule has 1 aromatic carbocycles. The van der Waals surface area contributed by atoms with Crippen molar-refractivity contribution >= 4 is 22.2 Å². The van der Waals surface area contributed by atoms with Crippen LogP contribution in [0, 0.1) is 0 Å². The summed E-state index contributed by atoms with van der Waals surface area (Å²) in [6.07, 6.45) is 0.968. The SMILES string of the molecule is Nc1nc2scc(-c3ccc4c(c3)CCO4)n2n1. The maximum absolute atomic E-state index is 5.62. The largest absolute Gasteiger partial charge is 0.493 e. The van der Waals surface area contributed by atoms with Gasteiger partial charge in [0.2, 0.25) is 10.9 Å². The van der Waals surface area contributed by atoms with E-state index in [9.17, 15) is 0 Å². The Bertz CT molecular complexity index is 746. The second kappa shape index (κ2) is 3.46. The van der Waals surface area contributed by atoms with Crippen molar-refractivity contribution in [3.05, 3.63) is 29.1 Å². The Balaban J connectivity index is 1.91. The predicted octanol–water partition coefficient (Wildman–Crippen LogP) is 1.97. The Morgan fingerprint density at radius 1 is 1.39 bits per heavy atom. The number of hydrogen-bond donors (Lipinski definition) is 1. The van der Waals surface area contributed by atoms with Gasteiger partial charge in [-0.05, 0) is 23.8 Å². The summed E-state index contributed by atoms with van der Waals surface area (Å²) in [7, 11) is 0. The van der Waals surface area contributed by atoms with E-state index in [4.69, 9.17) is 10.5 Å². The third-order valence-corrected chi connectivity index (χ3v) is 3.90. The van der Waals surface area contributed by atoms with Gasteiger partial charge >= 0.3 is 0 Å². The van der Waals surface area contributed by atoms with Gasteiger partial charge in [-0.3, -0.25) is 0 Å². The van der Waals surface area contributed by atoms with Gasteiger partial charge in [0.15, 0.2) is 0 Å². The van der Waals surface area contributed by atoms with E-state index in [1.807, 2.05) is 17.5 Å². The highest BCUT2D eigenvalue weighted by molar-refractivity contribution is 7.15. The van der Waals surface area contributed by atoms with Crippen LogP contribution in [0.4, 0.5) is 5.95 Å². The van der Waals surface area contributed by atoms with Crippen molar-refractivity contribution < 1.29 is 4.74 Å². The van der Waals surface area contributed by atoms with E-state index in [-0.39, 0.29) is 0 Å². The van der Waals surface area contributed by atoms with Gasteiger partial charge in [0, 0.05) is 17.4 Å². The van der Waals surface area contributed by atoms with Crippen LogP contribution in [0.15, 0.2) is 23.6 Å². The molecule has 1 aliphatic heterocycles. The highest BCUT2D eigenvalue weighted by Crippen LogP contribution is 2.32. The molecule has 0 atom stereocenters. The molecule has 0 spiro atoms. The van der Waals surface area contributed by atoms with Crippen LogP contribution in [-0.2, 0) is 6.42 Å². The second-order valence-corrected chi connectivity index (χ2v) is 5.04. The zero-order valence-electron chi connectivity index (χ0n) is 9.46. The van der Waals surface area contributed by atoms with Crippen LogP contribution in [-0.4, -0.2) is 21.2 Å². The summed E-state index contributed by atoms with van der Waals surface area (Å²) in [5.41, 5.74) is 9.01. The van der Waals surface area contributed by atoms with Crippen LogP contribution in [0.5, 0.6) is 5.75 Å². The molecule has 18 heavy (non-hydrogen) atoms. The molecular weight excluding hydrogens is 248 g/mol. The van der Waals surface area contributed by atoms with Crippen molar-refractivity contribution in [2.24, 2.45) is 0 Å². The number of fused-ring (bicyclic) bond motifs is 2. The number of nitrogens with two attached hydrogens (primary N) is 1. The number of thiazole rings is 1. The van der Waals surface area contributed by atoms with Crippen molar-refractivity contribution in [3.63, 3.8) is 0 Å². The fourth-order valence-electron chi connectivity index (χ4n) is 2.24. The van der Waals surface area contributed by atoms with E-state index in [0.29, 0.717) is 5.95 Å². The van der Waals surface area contributed by atoms with Gasteiger partial charge in [-0.1, -0.05) is 0 Å². The third kappa shape index (κ3) is 1.32. The lowest BCUT2D eigenvalue weighted by atomic mass is 10.1. The number of aromatic nitrogens is 3. The Labute approximate surface area is 107 Å². The number of rotatable bonds is 1. The lowest BCUT2D eigenvalue weighted by Gasteiger charge is -2.02. The molecule has 4 rings (SSSR count). The average Bonchev–Trinajstić information content (AvgIpc) is 3.01. The van der Waals surface area contributed by atoms with Gasteiger partial charge in [0.05, 0.1) is 12.3 Å². The summed E-state index contributed by atoms with van der Waals surface area (Å²) in [5, 5.41) is 6.25. The number of nitrogen functional groups attached to an aromatic ring is 1. The standard InChI is InChI=1S/C12H10N4OS/c13-11-14-12-16(15-11)9(6-18-12)7-1-2-10-8(5-7)3-4-17-10/h1-2,5-6H,3-4H2,(H2,13,15). The van der Waals surface area contributed by atoms with E-state index < -0.39 is 0 Å². The summed E-state index contributed by atoms with van der Waals surface area (Å²) in [6, 6.07) is 6.21. The first kappa shape index (κ1) is 9.90. The molecule has 0 saturated heterocycles. The number of anilines is 1. The quantitative estimate of drug-likeness (QED) is 0.724. The number of ether oxygens (including phenoxy) is 1. The Kier molecular flexibility index (Phi) is 1.90. The van der Waals surface area contributed by atoms with Crippen LogP contribution >= 0.6 is 11.3 Å². The summed E-state index contributed by atoms with van der Waals surface area (Å²) in [5.74, 6) is 1.30. The summed E-state index contributed by atoms with van der Waals surface area (Å²) < 4.78 is 7.30. The molecule has 6 heteroatoms. The van der Waals surface area contributed by atoms with Gasteiger partial charge < -0.3 is 10.5 Å². The molecule has 2 aromatic heterocycles. The van der Waals surface area contributed by atoms with Crippen LogP contribution < -0.4 is 10.5 Å². The molecule has 90 valence electrons. The van der Waals surface area contributed by atoms with Crippen LogP contribution in [0.1, 0.15) is 5.56 Å². The van der Waals surface area contributed by atoms with E-state index >= 15 is 0 Å². The number of benzene rings is 1. The van der Waals surface area contributed by atoms with Crippen LogP contribution in [0.3, 0.4) is 0 Å². The molecule has 5 nitrogen and oxygen atoms in total. The van der Waals surface area contributed by atoms with E-state index in [2.05, 4.69) is 16.1 Å². The molecule has 0 unspecified atom stereocenters. The van der Waals surface area contributed by atoms with Crippen LogP contribution in [0.25, 0.3) is 16.2 Å². The minimum atomic E-state index is 0.313. The molecule has 2 N–H and O–H groups in total. The minimum absolute atomic E-state index is 0.313. The zero-order valence-corrected chi connectivity index (χ0v) is 10.3. The van der Waals surface area contributed by atoms with E-state index in [1.54, 1.807) is 15.9 Å². The maximum Gasteiger partial charge on any atom is 0.241 e. The Morgan fingerprint density at radius 2 is 2.33 bits per heavy atom. The van der Waals surface area contributed by atoms with Crippen molar-refractivity contribution in [2.45, 2.75) is 6.42 Å². The lowest BCUT2D eigenvalue weighted by Crippen LogP contribution is -1.91. The molecule has 0 fully saturated rings. The van der Waals surface area contributed by atoms with Gasteiger partial charge in [-0.2, -0.15) is 4.98 Å². The molecule has 0 aliphatic carbocycles. The summed E-state index contributed by atoms with van der Waals surface area (Å²) >= 11 is 1.54. The molecular formula is C12H10N4OS. The fraction of sp³-hybridized carbons (Fsp3) is 0.167. The van der Waals surface area contributed by atoms with Crippen molar-refractivity contribution in [3.8, 4) is 17.0 Å². The molecule has 0 bridgehead atoms. The van der Waals surface area contributed by atoms with Crippen molar-refractivity contribution in [1.82, 2.24) is 14.6 Å². The number of hydrogen-bond acceptors (Lipinski definition) is 5. The second-order valence-electron chi connectivity index (χ2n) is 4.21. The highest BCUT2D eigenvalue weighted by atomic mass is 32.1. The number of nitrogens with zero attached hydrogens (tertiary/aromatic N) is 3. The lowest BCUT2D eigenvalue weighted by molar-refractivity contribution is 0.357. The summed E-state index contributed by atoms with van der Waals surface area (Å²) in [6.45, 7) is 0.772. The fourth-order valence-corrected chi connectivity index (χ4v) is 3.08. The molecule has 3 heterocycles. The minimum Gasteiger partial charge on any atom is -0.493 e. The highest BCUT2D eigenvalue weighted by Gasteiger charge is 2.15. The Morgan fingerprint density at radius 3 is 3.28 bits per heavy atom. The molecule has 0 saturated carbocycles. The first-order valence-electron chi connectivity index (χ1n) is 5.67. The first-order valence-corrected chi connectivity index (χ1v) is 6.55. The summed E-state index contributed by atoms with van der Waals surface area (Å²) in [4.78, 5) is 4.97. The predicted molar refractivity (Wildman–Crippen MR) is 69.9 cm³/mol. The normalized spacial score (nSPS) is 13.8. The monoisotopic (exact) mass is 258 g/mol. The van der Waals surface area contributed by atoms with E-state index in [0.717, 1.165) is 35.0 Å². The van der Waals surface area contributed by atoms with Crippen LogP contribution in [0.2, 0.25) is 0 Å². The van der Waals surface area contributed by atoms with Gasteiger partial charge in [-0.25, -0.2) is 4.52 Å². The topological polar surface area (TPSA) is 65.4 Å². The zero-order chi connectivity index (χ0) is 12.1. The molecule has 1 aliphatic rings. The van der Waals surface area contributed by atoms with E-state index in [1.165, 1.54) is 5.56 Å². The van der Waals surface area contributed by atoms with Crippen molar-refractivity contribution in [2.75, 3.05) is 12.3 Å². The van der Waals surface area contributed by atoms with Gasteiger partial charge in [-0.15, -0.1) is 16.4 Å². The third-order valence-electron chi connectivity index (χ3n) is 3.08. The average molecular weight is 258 g/mol. The smallest absolute Gasteiger partial charge is 0.241 e. The van der Waals surface area contributed by atoms with Gasteiger partial charge in [0.1, 0.15) is 5.75 Å². The van der Waals surface area contributed by atoms with Crippen molar-refractivity contribution in [1.29, 1.82) is 0 Å². The van der Waals surface area contributed by atoms with Gasteiger partial charge in [0.25, 0.3) is 0 Å². The maximum atomic E-state index is 5.62.